The zero-order chi connectivity index (χ0) is 10.8. The minimum Gasteiger partial charge on any atom is -0.381 e. The van der Waals surface area contributed by atoms with Crippen LogP contribution >= 0.6 is 0 Å². The molecule has 2 fully saturated rings. The van der Waals surface area contributed by atoms with Crippen molar-refractivity contribution in [3.05, 3.63) is 11.7 Å². The Morgan fingerprint density at radius 2 is 2.25 bits per heavy atom. The highest BCUT2D eigenvalue weighted by Crippen LogP contribution is 2.26. The van der Waals surface area contributed by atoms with E-state index in [1.165, 1.54) is 6.42 Å². The molecular weight excluding hydrogens is 206 g/mol. The molecule has 3 heterocycles. The Morgan fingerprint density at radius 1 is 1.25 bits per heavy atom. The van der Waals surface area contributed by atoms with Gasteiger partial charge in [0.2, 0.25) is 5.89 Å². The molecule has 3 rings (SSSR count). The second-order valence-corrected chi connectivity index (χ2v) is 4.55. The molecule has 1 N–H and O–H groups in total. The van der Waals surface area contributed by atoms with Gasteiger partial charge in [0.25, 0.3) is 0 Å². The standard InChI is InChI=1S/C11H17N3O2/c1-4-9(12-5-1)11-13-10(14-16-11)8-3-2-6-15-7-8/h8-9,12H,1-7H2. The molecule has 0 radical (unpaired) electrons. The molecule has 1 aromatic heterocycles. The summed E-state index contributed by atoms with van der Waals surface area (Å²) in [4.78, 5) is 4.50. The van der Waals surface area contributed by atoms with Gasteiger partial charge in [0, 0.05) is 12.5 Å². The maximum absolute atomic E-state index is 5.43. The molecule has 0 saturated carbocycles. The van der Waals surface area contributed by atoms with Crippen LogP contribution in [0.1, 0.15) is 49.4 Å². The Morgan fingerprint density at radius 3 is 3.00 bits per heavy atom. The van der Waals surface area contributed by atoms with Crippen LogP contribution in [0.4, 0.5) is 0 Å². The summed E-state index contributed by atoms with van der Waals surface area (Å²) in [6.07, 6.45) is 4.49. The second kappa shape index (κ2) is 4.51. The Labute approximate surface area is 94.6 Å². The number of rotatable bonds is 2. The Balaban J connectivity index is 1.71. The molecule has 88 valence electrons. The lowest BCUT2D eigenvalue weighted by Gasteiger charge is -2.18. The van der Waals surface area contributed by atoms with E-state index in [1.54, 1.807) is 0 Å². The zero-order valence-corrected chi connectivity index (χ0v) is 9.32. The summed E-state index contributed by atoms with van der Waals surface area (Å²) < 4.78 is 10.8. The number of nitrogens with one attached hydrogen (secondary N) is 1. The van der Waals surface area contributed by atoms with Gasteiger partial charge in [-0.3, -0.25) is 0 Å². The van der Waals surface area contributed by atoms with Crippen molar-refractivity contribution in [2.24, 2.45) is 0 Å². The summed E-state index contributed by atoms with van der Waals surface area (Å²) in [6, 6.07) is 0.269. The van der Waals surface area contributed by atoms with Gasteiger partial charge in [0.05, 0.1) is 12.6 Å². The van der Waals surface area contributed by atoms with Gasteiger partial charge < -0.3 is 14.6 Å². The van der Waals surface area contributed by atoms with Gasteiger partial charge in [0.15, 0.2) is 5.82 Å². The van der Waals surface area contributed by atoms with Crippen LogP contribution in [0.2, 0.25) is 0 Å². The molecule has 2 unspecified atom stereocenters. The van der Waals surface area contributed by atoms with E-state index >= 15 is 0 Å². The minimum absolute atomic E-state index is 0.269. The van der Waals surface area contributed by atoms with Gasteiger partial charge in [0.1, 0.15) is 0 Å². The van der Waals surface area contributed by atoms with E-state index in [-0.39, 0.29) is 6.04 Å². The summed E-state index contributed by atoms with van der Waals surface area (Å²) in [7, 11) is 0. The smallest absolute Gasteiger partial charge is 0.243 e. The molecule has 0 spiro atoms. The molecule has 0 amide bonds. The summed E-state index contributed by atoms with van der Waals surface area (Å²) in [5, 5.41) is 7.44. The first-order valence-electron chi connectivity index (χ1n) is 6.08. The van der Waals surface area contributed by atoms with Crippen molar-refractivity contribution in [1.29, 1.82) is 0 Å². The van der Waals surface area contributed by atoms with E-state index in [2.05, 4.69) is 15.5 Å². The van der Waals surface area contributed by atoms with Crippen LogP contribution in [0.15, 0.2) is 4.52 Å². The van der Waals surface area contributed by atoms with Gasteiger partial charge in [-0.2, -0.15) is 4.98 Å². The lowest BCUT2D eigenvalue weighted by Crippen LogP contribution is -2.17. The number of hydrogen-bond donors (Lipinski definition) is 1. The van der Waals surface area contributed by atoms with Crippen molar-refractivity contribution in [2.45, 2.75) is 37.6 Å². The number of nitrogens with zero attached hydrogens (tertiary/aromatic N) is 2. The van der Waals surface area contributed by atoms with Crippen LogP contribution in [0, 0.1) is 0 Å². The van der Waals surface area contributed by atoms with Crippen LogP contribution < -0.4 is 5.32 Å². The Bertz CT molecular complexity index is 341. The molecule has 2 atom stereocenters. The third kappa shape index (κ3) is 1.97. The third-order valence-electron chi connectivity index (χ3n) is 3.34. The predicted octanol–water partition coefficient (Wildman–Crippen LogP) is 1.39. The fourth-order valence-electron chi connectivity index (χ4n) is 2.39. The quantitative estimate of drug-likeness (QED) is 0.821. The van der Waals surface area contributed by atoms with Gasteiger partial charge in [-0.15, -0.1) is 0 Å². The lowest BCUT2D eigenvalue weighted by atomic mass is 10.0. The van der Waals surface area contributed by atoms with E-state index < -0.39 is 0 Å². The first-order chi connectivity index (χ1) is 7.93. The minimum atomic E-state index is 0.269. The topological polar surface area (TPSA) is 60.2 Å². The van der Waals surface area contributed by atoms with E-state index in [0.717, 1.165) is 50.7 Å². The average Bonchev–Trinajstić information content (AvgIpc) is 3.01. The number of hydrogen-bond acceptors (Lipinski definition) is 5. The van der Waals surface area contributed by atoms with Gasteiger partial charge in [-0.25, -0.2) is 0 Å². The van der Waals surface area contributed by atoms with Gasteiger partial charge in [-0.05, 0) is 32.2 Å². The molecule has 0 bridgehead atoms. The molecule has 2 aliphatic heterocycles. The second-order valence-electron chi connectivity index (χ2n) is 4.55. The van der Waals surface area contributed by atoms with Crippen LogP contribution in [0.25, 0.3) is 0 Å². The molecule has 0 aliphatic carbocycles. The average molecular weight is 223 g/mol. The van der Waals surface area contributed by atoms with Crippen LogP contribution in [0.3, 0.4) is 0 Å². The summed E-state index contributed by atoms with van der Waals surface area (Å²) in [6.45, 7) is 2.65. The molecular formula is C11H17N3O2. The SMILES string of the molecule is C1COCC(c2noc(C3CCCN3)n2)C1. The van der Waals surface area contributed by atoms with Crippen LogP contribution in [-0.4, -0.2) is 29.9 Å². The molecule has 5 heteroatoms. The highest BCUT2D eigenvalue weighted by molar-refractivity contribution is 5.00. The van der Waals surface area contributed by atoms with E-state index in [4.69, 9.17) is 9.26 Å². The highest BCUT2D eigenvalue weighted by atomic mass is 16.5. The summed E-state index contributed by atoms with van der Waals surface area (Å²) in [5.41, 5.74) is 0. The normalized spacial score (nSPS) is 30.8. The largest absolute Gasteiger partial charge is 0.381 e. The number of aromatic nitrogens is 2. The zero-order valence-electron chi connectivity index (χ0n) is 9.32. The van der Waals surface area contributed by atoms with Crippen molar-refractivity contribution in [3.63, 3.8) is 0 Å². The monoisotopic (exact) mass is 223 g/mol. The maximum Gasteiger partial charge on any atom is 0.243 e. The first kappa shape index (κ1) is 10.2. The van der Waals surface area contributed by atoms with Crippen molar-refractivity contribution in [3.8, 4) is 0 Å². The Kier molecular flexibility index (Phi) is 2.88. The molecule has 0 aromatic carbocycles. The van der Waals surface area contributed by atoms with E-state index in [1.807, 2.05) is 0 Å². The van der Waals surface area contributed by atoms with Crippen molar-refractivity contribution >= 4 is 0 Å². The summed E-state index contributed by atoms with van der Waals surface area (Å²) in [5.74, 6) is 1.90. The first-order valence-corrected chi connectivity index (χ1v) is 6.08. The molecule has 1 aromatic rings. The van der Waals surface area contributed by atoms with E-state index in [9.17, 15) is 0 Å². The lowest BCUT2D eigenvalue weighted by molar-refractivity contribution is 0.0773. The Hall–Kier alpha value is -0.940. The fraction of sp³-hybridized carbons (Fsp3) is 0.818. The van der Waals surface area contributed by atoms with Crippen molar-refractivity contribution in [2.75, 3.05) is 19.8 Å². The molecule has 2 saturated heterocycles. The van der Waals surface area contributed by atoms with Crippen LogP contribution in [0.5, 0.6) is 0 Å². The van der Waals surface area contributed by atoms with Gasteiger partial charge >= 0.3 is 0 Å². The van der Waals surface area contributed by atoms with Crippen molar-refractivity contribution < 1.29 is 9.26 Å². The highest BCUT2D eigenvalue weighted by Gasteiger charge is 2.26. The van der Waals surface area contributed by atoms with Crippen LogP contribution in [-0.2, 0) is 4.74 Å². The predicted molar refractivity (Wildman–Crippen MR) is 57.1 cm³/mol. The molecule has 2 aliphatic rings. The van der Waals surface area contributed by atoms with E-state index in [0.29, 0.717) is 5.92 Å². The number of ether oxygens (including phenoxy) is 1. The maximum atomic E-state index is 5.43. The van der Waals surface area contributed by atoms with Gasteiger partial charge in [-0.1, -0.05) is 5.16 Å². The molecule has 16 heavy (non-hydrogen) atoms. The van der Waals surface area contributed by atoms with Crippen molar-refractivity contribution in [1.82, 2.24) is 15.5 Å². The third-order valence-corrected chi connectivity index (χ3v) is 3.34. The molecule has 5 nitrogen and oxygen atoms in total. The fourth-order valence-corrected chi connectivity index (χ4v) is 2.39. The summed E-state index contributed by atoms with van der Waals surface area (Å²) >= 11 is 0.